The van der Waals surface area contributed by atoms with Crippen LogP contribution in [0.5, 0.6) is 0 Å². The lowest BCUT2D eigenvalue weighted by Crippen LogP contribution is -2.29. The van der Waals surface area contributed by atoms with Gasteiger partial charge in [-0.15, -0.1) is 0 Å². The van der Waals surface area contributed by atoms with Crippen LogP contribution >= 0.6 is 0 Å². The summed E-state index contributed by atoms with van der Waals surface area (Å²) < 4.78 is 1.79. The van der Waals surface area contributed by atoms with Crippen molar-refractivity contribution in [2.45, 2.75) is 18.8 Å². The number of nitrogens with one attached hydrogen (secondary N) is 1. The van der Waals surface area contributed by atoms with E-state index in [-0.39, 0.29) is 0 Å². The first-order valence-corrected chi connectivity index (χ1v) is 6.35. The standard InChI is InChI=1S/C13H17N5/c1-18-9-11(8-16-18)12-4-6-15-13(17-12)10-3-2-5-14-7-10/h4,6,8-10,14H,2-3,5,7H2,1H3. The van der Waals surface area contributed by atoms with Crippen molar-refractivity contribution in [1.29, 1.82) is 0 Å². The lowest BCUT2D eigenvalue weighted by molar-refractivity contribution is 0.447. The van der Waals surface area contributed by atoms with Gasteiger partial charge in [-0.3, -0.25) is 4.68 Å². The normalized spacial score (nSPS) is 19.9. The van der Waals surface area contributed by atoms with Crippen molar-refractivity contribution >= 4 is 0 Å². The molecule has 5 heteroatoms. The van der Waals surface area contributed by atoms with E-state index in [0.29, 0.717) is 5.92 Å². The Morgan fingerprint density at radius 2 is 2.39 bits per heavy atom. The molecular weight excluding hydrogens is 226 g/mol. The first-order valence-electron chi connectivity index (χ1n) is 6.35. The molecule has 94 valence electrons. The highest BCUT2D eigenvalue weighted by atomic mass is 15.2. The fourth-order valence-electron chi connectivity index (χ4n) is 2.36. The molecule has 1 N–H and O–H groups in total. The number of rotatable bonds is 2. The zero-order chi connectivity index (χ0) is 12.4. The van der Waals surface area contributed by atoms with Gasteiger partial charge < -0.3 is 5.32 Å². The Kier molecular flexibility index (Phi) is 3.06. The Balaban J connectivity index is 1.88. The van der Waals surface area contributed by atoms with Crippen LogP contribution in [0, 0.1) is 0 Å². The van der Waals surface area contributed by atoms with Crippen molar-refractivity contribution in [3.63, 3.8) is 0 Å². The summed E-state index contributed by atoms with van der Waals surface area (Å²) in [6, 6.07) is 1.94. The largest absolute Gasteiger partial charge is 0.316 e. The molecule has 1 unspecified atom stereocenters. The van der Waals surface area contributed by atoms with Gasteiger partial charge >= 0.3 is 0 Å². The third-order valence-electron chi connectivity index (χ3n) is 3.34. The zero-order valence-corrected chi connectivity index (χ0v) is 10.5. The maximum atomic E-state index is 4.68. The molecule has 2 aromatic heterocycles. The molecule has 0 saturated carbocycles. The van der Waals surface area contributed by atoms with E-state index in [4.69, 9.17) is 0 Å². The van der Waals surface area contributed by atoms with E-state index in [0.717, 1.165) is 30.2 Å². The summed E-state index contributed by atoms with van der Waals surface area (Å²) >= 11 is 0. The monoisotopic (exact) mass is 243 g/mol. The molecule has 1 aliphatic heterocycles. The summed E-state index contributed by atoms with van der Waals surface area (Å²) in [5.74, 6) is 1.39. The Morgan fingerprint density at radius 3 is 3.11 bits per heavy atom. The van der Waals surface area contributed by atoms with Gasteiger partial charge in [0.15, 0.2) is 0 Å². The number of piperidine rings is 1. The smallest absolute Gasteiger partial charge is 0.133 e. The minimum atomic E-state index is 0.440. The number of nitrogens with zero attached hydrogens (tertiary/aromatic N) is 4. The molecule has 0 spiro atoms. The van der Waals surface area contributed by atoms with Gasteiger partial charge in [0.2, 0.25) is 0 Å². The average Bonchev–Trinajstić information content (AvgIpc) is 2.87. The quantitative estimate of drug-likeness (QED) is 0.865. The highest BCUT2D eigenvalue weighted by Gasteiger charge is 2.18. The molecule has 18 heavy (non-hydrogen) atoms. The number of aryl methyl sites for hydroxylation is 1. The van der Waals surface area contributed by atoms with Gasteiger partial charge in [-0.2, -0.15) is 5.10 Å². The van der Waals surface area contributed by atoms with E-state index in [9.17, 15) is 0 Å². The molecule has 0 radical (unpaired) electrons. The topological polar surface area (TPSA) is 55.6 Å². The summed E-state index contributed by atoms with van der Waals surface area (Å²) in [7, 11) is 1.91. The van der Waals surface area contributed by atoms with E-state index < -0.39 is 0 Å². The zero-order valence-electron chi connectivity index (χ0n) is 10.5. The number of hydrogen-bond acceptors (Lipinski definition) is 4. The molecule has 1 saturated heterocycles. The van der Waals surface area contributed by atoms with Crippen molar-refractivity contribution in [3.05, 3.63) is 30.5 Å². The van der Waals surface area contributed by atoms with Gasteiger partial charge in [0.25, 0.3) is 0 Å². The minimum absolute atomic E-state index is 0.440. The second-order valence-electron chi connectivity index (χ2n) is 4.75. The second kappa shape index (κ2) is 4.86. The van der Waals surface area contributed by atoms with Crippen molar-refractivity contribution in [2.75, 3.05) is 13.1 Å². The van der Waals surface area contributed by atoms with Crippen molar-refractivity contribution < 1.29 is 0 Å². The second-order valence-corrected chi connectivity index (χ2v) is 4.75. The SMILES string of the molecule is Cn1cc(-c2ccnc(C3CCCNC3)n2)cn1. The Hall–Kier alpha value is -1.75. The minimum Gasteiger partial charge on any atom is -0.316 e. The number of hydrogen-bond donors (Lipinski definition) is 1. The summed E-state index contributed by atoms with van der Waals surface area (Å²) in [6.45, 7) is 2.09. The maximum Gasteiger partial charge on any atom is 0.133 e. The molecule has 3 heterocycles. The molecule has 2 aromatic rings. The molecule has 1 fully saturated rings. The fourth-order valence-corrected chi connectivity index (χ4v) is 2.36. The predicted molar refractivity (Wildman–Crippen MR) is 69.1 cm³/mol. The van der Waals surface area contributed by atoms with Crippen molar-refractivity contribution in [3.8, 4) is 11.3 Å². The molecule has 0 aliphatic carbocycles. The molecule has 1 aliphatic rings. The van der Waals surface area contributed by atoms with Crippen LogP contribution in [0.3, 0.4) is 0 Å². The van der Waals surface area contributed by atoms with Gasteiger partial charge in [0.1, 0.15) is 5.82 Å². The molecule has 0 amide bonds. The van der Waals surface area contributed by atoms with Gasteiger partial charge in [-0.25, -0.2) is 9.97 Å². The van der Waals surface area contributed by atoms with Gasteiger partial charge in [0.05, 0.1) is 11.9 Å². The van der Waals surface area contributed by atoms with Crippen LogP contribution in [0.15, 0.2) is 24.7 Å². The highest BCUT2D eigenvalue weighted by Crippen LogP contribution is 2.22. The van der Waals surface area contributed by atoms with E-state index in [1.807, 2.05) is 31.7 Å². The number of aromatic nitrogens is 4. The molecular formula is C13H17N5. The summed E-state index contributed by atoms with van der Waals surface area (Å²) in [5, 5.41) is 7.58. The molecule has 1 atom stereocenters. The predicted octanol–water partition coefficient (Wildman–Crippen LogP) is 1.34. The van der Waals surface area contributed by atoms with Crippen LogP contribution < -0.4 is 5.32 Å². The highest BCUT2D eigenvalue weighted by molar-refractivity contribution is 5.56. The molecule has 5 nitrogen and oxygen atoms in total. The molecule has 0 bridgehead atoms. The van der Waals surface area contributed by atoms with E-state index in [2.05, 4.69) is 20.4 Å². The fraction of sp³-hybridized carbons (Fsp3) is 0.462. The first-order chi connectivity index (χ1) is 8.83. The Bertz CT molecular complexity index is 528. The van der Waals surface area contributed by atoms with E-state index >= 15 is 0 Å². The summed E-state index contributed by atoms with van der Waals surface area (Å²) in [5.41, 5.74) is 2.00. The summed E-state index contributed by atoms with van der Waals surface area (Å²) in [4.78, 5) is 9.09. The van der Waals surface area contributed by atoms with Gasteiger partial charge in [-0.1, -0.05) is 0 Å². The third-order valence-corrected chi connectivity index (χ3v) is 3.34. The Labute approximate surface area is 106 Å². The van der Waals surface area contributed by atoms with E-state index in [1.165, 1.54) is 12.8 Å². The van der Waals surface area contributed by atoms with Gasteiger partial charge in [-0.05, 0) is 25.5 Å². The van der Waals surface area contributed by atoms with Crippen molar-refractivity contribution in [2.24, 2.45) is 7.05 Å². The van der Waals surface area contributed by atoms with Crippen LogP contribution in [-0.4, -0.2) is 32.8 Å². The maximum absolute atomic E-state index is 4.68. The molecule has 3 rings (SSSR count). The van der Waals surface area contributed by atoms with Crippen LogP contribution in [0.25, 0.3) is 11.3 Å². The van der Waals surface area contributed by atoms with Gasteiger partial charge in [0, 0.05) is 37.5 Å². The lowest BCUT2D eigenvalue weighted by Gasteiger charge is -2.21. The first kappa shape index (κ1) is 11.3. The summed E-state index contributed by atoms with van der Waals surface area (Å²) in [6.07, 6.45) is 8.03. The Morgan fingerprint density at radius 1 is 1.44 bits per heavy atom. The third kappa shape index (κ3) is 2.26. The van der Waals surface area contributed by atoms with Crippen LogP contribution in [0.4, 0.5) is 0 Å². The molecule has 0 aromatic carbocycles. The van der Waals surface area contributed by atoms with Crippen LogP contribution in [-0.2, 0) is 7.05 Å². The lowest BCUT2D eigenvalue weighted by atomic mass is 9.99. The van der Waals surface area contributed by atoms with Crippen LogP contribution in [0.1, 0.15) is 24.6 Å². The average molecular weight is 243 g/mol. The van der Waals surface area contributed by atoms with Crippen molar-refractivity contribution in [1.82, 2.24) is 25.1 Å². The van der Waals surface area contributed by atoms with Crippen LogP contribution in [0.2, 0.25) is 0 Å². The van der Waals surface area contributed by atoms with E-state index in [1.54, 1.807) is 4.68 Å².